The summed E-state index contributed by atoms with van der Waals surface area (Å²) in [7, 11) is 1.74. The van der Waals surface area contributed by atoms with Crippen molar-refractivity contribution in [2.75, 3.05) is 20.1 Å². The van der Waals surface area contributed by atoms with Crippen molar-refractivity contribution in [1.29, 1.82) is 0 Å². The Bertz CT molecular complexity index is 992. The number of aryl methyl sites for hydroxylation is 1. The number of unbranched alkanes of at least 4 members (excludes halogenated alkanes) is 1. The van der Waals surface area contributed by atoms with Crippen LogP contribution in [0.1, 0.15) is 18.4 Å². The SMILES string of the molecule is CN=C(NCCCCn1ccccc1=O)NCCc1c[nH]c2cc(F)ccc12. The van der Waals surface area contributed by atoms with Gasteiger partial charge in [0.15, 0.2) is 5.96 Å². The van der Waals surface area contributed by atoms with Crippen molar-refractivity contribution in [2.45, 2.75) is 25.8 Å². The Balaban J connectivity index is 1.37. The molecule has 3 N–H and O–H groups in total. The minimum atomic E-state index is -0.235. The van der Waals surface area contributed by atoms with E-state index < -0.39 is 0 Å². The summed E-state index contributed by atoms with van der Waals surface area (Å²) >= 11 is 0. The fourth-order valence-electron chi connectivity index (χ4n) is 3.16. The Labute approximate surface area is 163 Å². The molecule has 0 fully saturated rings. The predicted molar refractivity (Wildman–Crippen MR) is 111 cm³/mol. The van der Waals surface area contributed by atoms with E-state index in [-0.39, 0.29) is 11.4 Å². The first-order valence-corrected chi connectivity index (χ1v) is 9.53. The smallest absolute Gasteiger partial charge is 0.250 e. The van der Waals surface area contributed by atoms with E-state index in [4.69, 9.17) is 0 Å². The predicted octanol–water partition coefficient (Wildman–Crippen LogP) is 2.66. The lowest BCUT2D eigenvalue weighted by molar-refractivity contribution is 0.585. The van der Waals surface area contributed by atoms with Crippen molar-refractivity contribution in [3.8, 4) is 0 Å². The van der Waals surface area contributed by atoms with Crippen LogP contribution in [-0.2, 0) is 13.0 Å². The molecular formula is C21H26FN5O. The molecule has 0 aliphatic rings. The highest BCUT2D eigenvalue weighted by atomic mass is 19.1. The average Bonchev–Trinajstić information content (AvgIpc) is 3.09. The molecule has 1 aromatic carbocycles. The van der Waals surface area contributed by atoms with Crippen LogP contribution in [0.4, 0.5) is 4.39 Å². The van der Waals surface area contributed by atoms with Crippen LogP contribution in [0.5, 0.6) is 0 Å². The fraction of sp³-hybridized carbons (Fsp3) is 0.333. The highest BCUT2D eigenvalue weighted by molar-refractivity contribution is 5.83. The van der Waals surface area contributed by atoms with Gasteiger partial charge in [-0.05, 0) is 49.1 Å². The van der Waals surface area contributed by atoms with Gasteiger partial charge in [0.2, 0.25) is 5.56 Å². The normalized spacial score (nSPS) is 11.7. The standard InChI is InChI=1S/C21H26FN5O/c1-23-21(24-10-3-5-13-27-12-4-2-6-20(27)28)25-11-9-16-15-26-19-14-17(22)7-8-18(16)19/h2,4,6-8,12,14-15,26H,3,5,9-11,13H2,1H3,(H2,23,24,25). The van der Waals surface area contributed by atoms with Gasteiger partial charge in [-0.15, -0.1) is 0 Å². The third-order valence-electron chi connectivity index (χ3n) is 4.66. The number of guanidine groups is 1. The van der Waals surface area contributed by atoms with Gasteiger partial charge < -0.3 is 20.2 Å². The van der Waals surface area contributed by atoms with Crippen LogP contribution in [0.15, 0.2) is 58.6 Å². The topological polar surface area (TPSA) is 74.2 Å². The van der Waals surface area contributed by atoms with Gasteiger partial charge in [-0.3, -0.25) is 9.79 Å². The summed E-state index contributed by atoms with van der Waals surface area (Å²) in [6.45, 7) is 2.23. The molecule has 148 valence electrons. The first kappa shape index (κ1) is 19.7. The molecule has 0 atom stereocenters. The van der Waals surface area contributed by atoms with Crippen molar-refractivity contribution in [1.82, 2.24) is 20.2 Å². The minimum Gasteiger partial charge on any atom is -0.361 e. The molecule has 7 heteroatoms. The highest BCUT2D eigenvalue weighted by Crippen LogP contribution is 2.19. The van der Waals surface area contributed by atoms with Gasteiger partial charge in [0.25, 0.3) is 0 Å². The van der Waals surface area contributed by atoms with Crippen LogP contribution < -0.4 is 16.2 Å². The summed E-state index contributed by atoms with van der Waals surface area (Å²) in [5.41, 5.74) is 1.99. The maximum absolute atomic E-state index is 13.3. The van der Waals surface area contributed by atoms with E-state index in [9.17, 15) is 9.18 Å². The zero-order chi connectivity index (χ0) is 19.8. The Morgan fingerprint density at radius 2 is 2.04 bits per heavy atom. The second kappa shape index (κ2) is 9.73. The van der Waals surface area contributed by atoms with Crippen molar-refractivity contribution in [2.24, 2.45) is 4.99 Å². The number of aliphatic imine (C=N–C) groups is 1. The number of hydrogen-bond donors (Lipinski definition) is 3. The number of halogens is 1. The number of nitrogens with zero attached hydrogens (tertiary/aromatic N) is 2. The molecule has 0 unspecified atom stereocenters. The molecule has 3 rings (SSSR count). The molecule has 0 saturated carbocycles. The van der Waals surface area contributed by atoms with E-state index in [0.717, 1.165) is 54.8 Å². The average molecular weight is 383 g/mol. The first-order valence-electron chi connectivity index (χ1n) is 9.53. The molecule has 6 nitrogen and oxygen atoms in total. The number of nitrogens with one attached hydrogen (secondary N) is 3. The van der Waals surface area contributed by atoms with Gasteiger partial charge in [-0.1, -0.05) is 6.07 Å². The van der Waals surface area contributed by atoms with Crippen molar-refractivity contribution < 1.29 is 4.39 Å². The molecule has 0 spiro atoms. The number of hydrogen-bond acceptors (Lipinski definition) is 2. The van der Waals surface area contributed by atoms with E-state index in [1.54, 1.807) is 23.7 Å². The summed E-state index contributed by atoms with van der Waals surface area (Å²) in [6.07, 6.45) is 6.40. The van der Waals surface area contributed by atoms with E-state index in [1.807, 2.05) is 24.5 Å². The summed E-state index contributed by atoms with van der Waals surface area (Å²) in [5.74, 6) is 0.517. The van der Waals surface area contributed by atoms with E-state index in [2.05, 4.69) is 20.6 Å². The summed E-state index contributed by atoms with van der Waals surface area (Å²) in [5, 5.41) is 7.63. The van der Waals surface area contributed by atoms with E-state index in [0.29, 0.717) is 6.54 Å². The number of fused-ring (bicyclic) bond motifs is 1. The molecule has 2 aromatic heterocycles. The molecule has 0 amide bonds. The molecular weight excluding hydrogens is 357 g/mol. The molecule has 2 heterocycles. The molecule has 28 heavy (non-hydrogen) atoms. The maximum Gasteiger partial charge on any atom is 0.250 e. The maximum atomic E-state index is 13.3. The lowest BCUT2D eigenvalue weighted by Gasteiger charge is -2.12. The van der Waals surface area contributed by atoms with Crippen LogP contribution in [-0.4, -0.2) is 35.6 Å². The summed E-state index contributed by atoms with van der Waals surface area (Å²) < 4.78 is 15.0. The number of aromatic nitrogens is 2. The zero-order valence-corrected chi connectivity index (χ0v) is 16.0. The lowest BCUT2D eigenvalue weighted by Crippen LogP contribution is -2.38. The van der Waals surface area contributed by atoms with E-state index >= 15 is 0 Å². The van der Waals surface area contributed by atoms with Crippen molar-refractivity contribution >= 4 is 16.9 Å². The number of H-pyrrole nitrogens is 1. The van der Waals surface area contributed by atoms with Crippen molar-refractivity contribution in [3.63, 3.8) is 0 Å². The van der Waals surface area contributed by atoms with Crippen LogP contribution in [0, 0.1) is 5.82 Å². The molecule has 0 aliphatic carbocycles. The van der Waals surface area contributed by atoms with Gasteiger partial charge in [0.05, 0.1) is 0 Å². The number of aromatic amines is 1. The van der Waals surface area contributed by atoms with Gasteiger partial charge in [0.1, 0.15) is 5.82 Å². The number of benzene rings is 1. The number of rotatable bonds is 8. The lowest BCUT2D eigenvalue weighted by atomic mass is 10.1. The number of pyridine rings is 1. The van der Waals surface area contributed by atoms with Crippen molar-refractivity contribution in [3.05, 3.63) is 70.5 Å². The van der Waals surface area contributed by atoms with Gasteiger partial charge in [-0.25, -0.2) is 4.39 Å². The molecule has 0 radical (unpaired) electrons. The molecule has 0 bridgehead atoms. The largest absolute Gasteiger partial charge is 0.361 e. The third kappa shape index (κ3) is 5.22. The molecule has 0 aliphatic heterocycles. The molecule has 0 saturated heterocycles. The quantitative estimate of drug-likeness (QED) is 0.318. The monoisotopic (exact) mass is 383 g/mol. The van der Waals surface area contributed by atoms with Gasteiger partial charge >= 0.3 is 0 Å². The van der Waals surface area contributed by atoms with Crippen LogP contribution in [0.25, 0.3) is 10.9 Å². The molecule has 3 aromatic rings. The Kier molecular flexibility index (Phi) is 6.84. The Morgan fingerprint density at radius 3 is 2.86 bits per heavy atom. The summed E-state index contributed by atoms with van der Waals surface area (Å²) in [4.78, 5) is 19.0. The Hall–Kier alpha value is -3.09. The van der Waals surface area contributed by atoms with E-state index in [1.165, 1.54) is 12.1 Å². The first-order chi connectivity index (χ1) is 13.7. The van der Waals surface area contributed by atoms with Gasteiger partial charge in [0, 0.05) is 56.0 Å². The zero-order valence-electron chi connectivity index (χ0n) is 16.0. The van der Waals surface area contributed by atoms with Crippen LogP contribution >= 0.6 is 0 Å². The van der Waals surface area contributed by atoms with Crippen LogP contribution in [0.2, 0.25) is 0 Å². The van der Waals surface area contributed by atoms with Gasteiger partial charge in [-0.2, -0.15) is 0 Å². The highest BCUT2D eigenvalue weighted by Gasteiger charge is 2.05. The minimum absolute atomic E-state index is 0.0351. The fourth-order valence-corrected chi connectivity index (χ4v) is 3.16. The summed E-state index contributed by atoms with van der Waals surface area (Å²) in [6, 6.07) is 10.0. The Morgan fingerprint density at radius 1 is 1.18 bits per heavy atom. The second-order valence-corrected chi connectivity index (χ2v) is 6.62. The van der Waals surface area contributed by atoms with Crippen LogP contribution in [0.3, 0.4) is 0 Å². The second-order valence-electron chi connectivity index (χ2n) is 6.62. The third-order valence-corrected chi connectivity index (χ3v) is 4.66.